The van der Waals surface area contributed by atoms with Crippen molar-refractivity contribution in [3.05, 3.63) is 0 Å². The summed E-state index contributed by atoms with van der Waals surface area (Å²) in [6, 6.07) is 0. The van der Waals surface area contributed by atoms with Gasteiger partial charge in [0, 0.05) is 0 Å². The largest absolute Gasteiger partial charge is 0.399 e. The third kappa shape index (κ3) is 11.4. The second kappa shape index (κ2) is 9.89. The monoisotopic (exact) mass is 580 g/mol. The van der Waals surface area contributed by atoms with Crippen LogP contribution in [0.4, 0.5) is 0 Å². The predicted octanol–water partition coefficient (Wildman–Crippen LogP) is -4.09. The van der Waals surface area contributed by atoms with Crippen molar-refractivity contribution in [3.63, 3.8) is 0 Å². The van der Waals surface area contributed by atoms with Crippen molar-refractivity contribution < 1.29 is 90.5 Å². The zero-order valence-corrected chi connectivity index (χ0v) is 18.5. The molecule has 0 aromatic rings. The molecule has 1 heterocycles. The van der Waals surface area contributed by atoms with E-state index in [4.69, 9.17) is 22.8 Å². The van der Waals surface area contributed by atoms with Crippen LogP contribution in [0, 0.1) is 0 Å². The van der Waals surface area contributed by atoms with Crippen molar-refractivity contribution in [1.82, 2.24) is 0 Å². The highest BCUT2D eigenvalue weighted by molar-refractivity contribution is 7.82. The first-order chi connectivity index (χ1) is 14.0. The number of hydrogen-bond donors (Lipinski definition) is 5. The lowest BCUT2D eigenvalue weighted by Crippen LogP contribution is -2.63. The van der Waals surface area contributed by atoms with E-state index in [-0.39, 0.29) is 0 Å². The smallest absolute Gasteiger partial charge is 0.340 e. The SMILES string of the molecule is O=S(=O)(O)OC[C@H]1OC(OS(=O)(=O)O)[C@H](OS(=O)(=O)O)[C@@H](OS(=O)(=O)O)[C@@H]1OS(=O)(=O)O. The van der Waals surface area contributed by atoms with Gasteiger partial charge in [-0.1, -0.05) is 0 Å². The number of rotatable bonds is 11. The van der Waals surface area contributed by atoms with Gasteiger partial charge in [-0.3, -0.25) is 22.8 Å². The van der Waals surface area contributed by atoms with Gasteiger partial charge >= 0.3 is 52.0 Å². The van der Waals surface area contributed by atoms with Gasteiger partial charge in [-0.2, -0.15) is 42.1 Å². The average molecular weight is 580 g/mol. The summed E-state index contributed by atoms with van der Waals surface area (Å²) in [4.78, 5) is 0. The lowest BCUT2D eigenvalue weighted by molar-refractivity contribution is -0.261. The average Bonchev–Trinajstić information content (AvgIpc) is 2.45. The van der Waals surface area contributed by atoms with Crippen molar-refractivity contribution in [2.75, 3.05) is 6.61 Å². The lowest BCUT2D eigenvalue weighted by atomic mass is 9.99. The minimum Gasteiger partial charge on any atom is -0.340 e. The Morgan fingerprint density at radius 3 is 1.28 bits per heavy atom. The first-order valence-corrected chi connectivity index (χ1v) is 13.7. The molecule has 21 nitrogen and oxygen atoms in total. The molecule has 192 valence electrons. The van der Waals surface area contributed by atoms with Gasteiger partial charge < -0.3 is 4.74 Å². The van der Waals surface area contributed by atoms with E-state index in [0.717, 1.165) is 0 Å². The summed E-state index contributed by atoms with van der Waals surface area (Å²) in [7, 11) is -28.3. The highest BCUT2D eigenvalue weighted by Crippen LogP contribution is 2.32. The third-order valence-corrected chi connectivity index (χ3v) is 5.15. The summed E-state index contributed by atoms with van der Waals surface area (Å²) >= 11 is 0. The van der Waals surface area contributed by atoms with Crippen molar-refractivity contribution >= 4 is 52.0 Å². The fourth-order valence-electron chi connectivity index (χ4n) is 2.11. The normalized spacial score (nSPS) is 28.5. The van der Waals surface area contributed by atoms with E-state index in [1.165, 1.54) is 0 Å². The van der Waals surface area contributed by atoms with Gasteiger partial charge in [0.05, 0.1) is 6.61 Å². The van der Waals surface area contributed by atoms with Gasteiger partial charge in [0.1, 0.15) is 18.3 Å². The Hall–Kier alpha value is -0.690. The second-order valence-corrected chi connectivity index (χ2v) is 10.5. The summed E-state index contributed by atoms with van der Waals surface area (Å²) in [6.07, 6.45) is -14.2. The molecule has 32 heavy (non-hydrogen) atoms. The maximum Gasteiger partial charge on any atom is 0.399 e. The van der Waals surface area contributed by atoms with Crippen LogP contribution in [-0.4, -0.2) is 102 Å². The Morgan fingerprint density at radius 1 is 0.531 bits per heavy atom. The van der Waals surface area contributed by atoms with Gasteiger partial charge in [-0.05, 0) is 0 Å². The van der Waals surface area contributed by atoms with E-state index in [1.807, 2.05) is 0 Å². The van der Waals surface area contributed by atoms with Crippen molar-refractivity contribution in [3.8, 4) is 0 Å². The van der Waals surface area contributed by atoms with Gasteiger partial charge in [0.25, 0.3) is 0 Å². The van der Waals surface area contributed by atoms with E-state index in [0.29, 0.717) is 0 Å². The van der Waals surface area contributed by atoms with Crippen LogP contribution in [-0.2, 0) is 77.6 Å². The van der Waals surface area contributed by atoms with Crippen molar-refractivity contribution in [1.29, 1.82) is 0 Å². The van der Waals surface area contributed by atoms with Crippen molar-refractivity contribution in [2.24, 2.45) is 0 Å². The highest BCUT2D eigenvalue weighted by Gasteiger charge is 2.55. The summed E-state index contributed by atoms with van der Waals surface area (Å²) in [5.74, 6) is 0. The molecule has 26 heteroatoms. The lowest BCUT2D eigenvalue weighted by Gasteiger charge is -2.42. The molecular weight excluding hydrogens is 568 g/mol. The van der Waals surface area contributed by atoms with Crippen molar-refractivity contribution in [2.45, 2.75) is 30.7 Å². The molecular formula is C6H12O21S5. The quantitative estimate of drug-likeness (QED) is 0.145. The Kier molecular flexibility index (Phi) is 9.07. The van der Waals surface area contributed by atoms with Gasteiger partial charge in [0.15, 0.2) is 6.10 Å². The third-order valence-electron chi connectivity index (χ3n) is 2.89. The van der Waals surface area contributed by atoms with E-state index in [9.17, 15) is 42.1 Å². The molecule has 0 saturated carbocycles. The minimum atomic E-state index is -5.78. The van der Waals surface area contributed by atoms with Gasteiger partial charge in [-0.25, -0.2) is 20.9 Å². The van der Waals surface area contributed by atoms with Crippen LogP contribution in [0.25, 0.3) is 0 Å². The maximum absolute atomic E-state index is 11.1. The molecule has 1 saturated heterocycles. The van der Waals surface area contributed by atoms with E-state index < -0.39 is 89.3 Å². The van der Waals surface area contributed by atoms with E-state index >= 15 is 0 Å². The molecule has 0 spiro atoms. The number of ether oxygens (including phenoxy) is 1. The molecule has 0 radical (unpaired) electrons. The standard InChI is InChI=1S/C6H12O21S5/c7-28(8,9)22-1-2-3(24-29(10,11)12)4(25-30(13,14)15)5(26-31(16,17)18)6(23-2)27-32(19,20)21/h2-6H,1H2,(H,7,8,9)(H,10,11,12)(H,13,14,15)(H,16,17,18)(H,19,20,21)/t2-,3-,4+,5-,6?/m1/s1. The Labute approximate surface area is 179 Å². The molecule has 5 N–H and O–H groups in total. The molecule has 0 amide bonds. The van der Waals surface area contributed by atoms with Crippen LogP contribution in [0.2, 0.25) is 0 Å². The minimum absolute atomic E-state index is 1.62. The van der Waals surface area contributed by atoms with Crippen LogP contribution in [0.5, 0.6) is 0 Å². The predicted molar refractivity (Wildman–Crippen MR) is 88.1 cm³/mol. The summed E-state index contributed by atoms with van der Waals surface area (Å²) in [5.41, 5.74) is 0. The first-order valence-electron chi connectivity index (χ1n) is 6.86. The first kappa shape index (κ1) is 29.3. The molecule has 1 aliphatic rings. The molecule has 0 bridgehead atoms. The van der Waals surface area contributed by atoms with E-state index in [1.54, 1.807) is 0 Å². The fraction of sp³-hybridized carbons (Fsp3) is 1.00. The Morgan fingerprint density at radius 2 is 0.906 bits per heavy atom. The molecule has 0 aliphatic carbocycles. The summed E-state index contributed by atoms with van der Waals surface area (Å²) in [6.45, 7) is -1.62. The molecule has 1 rings (SSSR count). The summed E-state index contributed by atoms with van der Waals surface area (Å²) in [5, 5.41) is 0. The van der Waals surface area contributed by atoms with Crippen LogP contribution in [0.3, 0.4) is 0 Å². The van der Waals surface area contributed by atoms with Crippen LogP contribution >= 0.6 is 0 Å². The fourth-order valence-corrected chi connectivity index (χ4v) is 4.31. The number of hydrogen-bond acceptors (Lipinski definition) is 16. The van der Waals surface area contributed by atoms with Crippen LogP contribution in [0.1, 0.15) is 0 Å². The second-order valence-electron chi connectivity index (χ2n) is 5.24. The Balaban J connectivity index is 3.67. The summed E-state index contributed by atoms with van der Waals surface area (Å²) < 4.78 is 178. The molecule has 0 aromatic heterocycles. The highest BCUT2D eigenvalue weighted by atomic mass is 32.3. The van der Waals surface area contributed by atoms with Crippen LogP contribution < -0.4 is 0 Å². The van der Waals surface area contributed by atoms with E-state index in [2.05, 4.69) is 25.7 Å². The molecule has 5 atom stereocenters. The molecule has 0 aromatic carbocycles. The zero-order valence-electron chi connectivity index (χ0n) is 14.4. The maximum atomic E-state index is 11.1. The molecule has 1 unspecified atom stereocenters. The molecule has 1 aliphatic heterocycles. The zero-order chi connectivity index (χ0) is 25.3. The van der Waals surface area contributed by atoms with Gasteiger partial charge in [-0.15, -0.1) is 0 Å². The van der Waals surface area contributed by atoms with Crippen LogP contribution in [0.15, 0.2) is 0 Å². The molecule has 1 fully saturated rings. The topological polar surface area (TPSA) is 327 Å². The van der Waals surface area contributed by atoms with Gasteiger partial charge in [0.2, 0.25) is 6.29 Å². The Bertz CT molecular complexity index is 1190.